The number of rotatable bonds is 9. The molecular formula is C23H25N3O3. The van der Waals surface area contributed by atoms with Crippen molar-refractivity contribution in [1.82, 2.24) is 10.6 Å². The van der Waals surface area contributed by atoms with Crippen LogP contribution in [0.3, 0.4) is 0 Å². The summed E-state index contributed by atoms with van der Waals surface area (Å²) in [4.78, 5) is 27.2. The Balaban J connectivity index is 1.59. The Morgan fingerprint density at radius 1 is 0.966 bits per heavy atom. The second kappa shape index (κ2) is 10.1. The van der Waals surface area contributed by atoms with Gasteiger partial charge in [0.2, 0.25) is 5.91 Å². The molecule has 150 valence electrons. The number of nitrogens with one attached hydrogen (secondary N) is 2. The van der Waals surface area contributed by atoms with Crippen molar-refractivity contribution in [3.63, 3.8) is 0 Å². The summed E-state index contributed by atoms with van der Waals surface area (Å²) in [5.74, 6) is -0.456. The van der Waals surface area contributed by atoms with Crippen LogP contribution in [0.1, 0.15) is 16.1 Å². The third-order valence-electron chi connectivity index (χ3n) is 4.59. The van der Waals surface area contributed by atoms with Gasteiger partial charge in [0.1, 0.15) is 6.04 Å². The molecule has 1 aromatic heterocycles. The van der Waals surface area contributed by atoms with E-state index in [0.717, 1.165) is 11.3 Å². The molecule has 0 saturated carbocycles. The molecular weight excluding hydrogens is 366 g/mol. The van der Waals surface area contributed by atoms with Crippen molar-refractivity contribution < 1.29 is 14.0 Å². The first-order valence-electron chi connectivity index (χ1n) is 9.55. The lowest BCUT2D eigenvalue weighted by Crippen LogP contribution is -2.49. The highest BCUT2D eigenvalue weighted by molar-refractivity contribution is 5.95. The Labute approximate surface area is 170 Å². The molecule has 2 aromatic carbocycles. The van der Waals surface area contributed by atoms with Gasteiger partial charge in [0.25, 0.3) is 5.91 Å². The zero-order valence-corrected chi connectivity index (χ0v) is 16.4. The predicted molar refractivity (Wildman–Crippen MR) is 113 cm³/mol. The minimum atomic E-state index is -0.697. The van der Waals surface area contributed by atoms with E-state index >= 15 is 0 Å². The highest BCUT2D eigenvalue weighted by Crippen LogP contribution is 2.10. The number of hydrogen-bond acceptors (Lipinski definition) is 4. The fourth-order valence-corrected chi connectivity index (χ4v) is 2.98. The van der Waals surface area contributed by atoms with E-state index in [-0.39, 0.29) is 11.7 Å². The summed E-state index contributed by atoms with van der Waals surface area (Å²) in [7, 11) is 1.97. The summed E-state index contributed by atoms with van der Waals surface area (Å²) in [5, 5.41) is 5.71. The van der Waals surface area contributed by atoms with Crippen molar-refractivity contribution >= 4 is 17.5 Å². The largest absolute Gasteiger partial charge is 0.459 e. The van der Waals surface area contributed by atoms with Crippen molar-refractivity contribution in [2.24, 2.45) is 0 Å². The van der Waals surface area contributed by atoms with Gasteiger partial charge in [0.05, 0.1) is 6.26 Å². The molecule has 0 bridgehead atoms. The van der Waals surface area contributed by atoms with Crippen LogP contribution < -0.4 is 15.5 Å². The first-order valence-corrected chi connectivity index (χ1v) is 9.55. The number of nitrogens with zero attached hydrogens (tertiary/aromatic N) is 1. The van der Waals surface area contributed by atoms with Gasteiger partial charge in [0, 0.05) is 32.2 Å². The van der Waals surface area contributed by atoms with Crippen molar-refractivity contribution in [2.45, 2.75) is 12.5 Å². The van der Waals surface area contributed by atoms with E-state index in [9.17, 15) is 9.59 Å². The van der Waals surface area contributed by atoms with Crippen LogP contribution in [0.4, 0.5) is 5.69 Å². The van der Waals surface area contributed by atoms with Gasteiger partial charge < -0.3 is 20.0 Å². The molecule has 2 N–H and O–H groups in total. The molecule has 0 radical (unpaired) electrons. The Hall–Kier alpha value is -3.54. The summed E-state index contributed by atoms with van der Waals surface area (Å²) in [6, 6.07) is 22.1. The number of furan rings is 1. The number of hydrogen-bond donors (Lipinski definition) is 2. The fraction of sp³-hybridized carbons (Fsp3) is 0.217. The van der Waals surface area contributed by atoms with Gasteiger partial charge in [-0.2, -0.15) is 0 Å². The van der Waals surface area contributed by atoms with E-state index in [1.807, 2.05) is 67.7 Å². The number of carbonyl (C=O) groups is 2. The molecule has 0 aliphatic carbocycles. The second-order valence-electron chi connectivity index (χ2n) is 6.74. The minimum absolute atomic E-state index is 0.180. The monoisotopic (exact) mass is 391 g/mol. The van der Waals surface area contributed by atoms with Crippen LogP contribution in [0.15, 0.2) is 83.5 Å². The summed E-state index contributed by atoms with van der Waals surface area (Å²) >= 11 is 0. The van der Waals surface area contributed by atoms with E-state index in [2.05, 4.69) is 15.5 Å². The van der Waals surface area contributed by atoms with Crippen molar-refractivity contribution in [1.29, 1.82) is 0 Å². The molecule has 3 aromatic rings. The fourth-order valence-electron chi connectivity index (χ4n) is 2.98. The SMILES string of the molecule is CN(CCNC(=O)C(Cc1ccccc1)NC(=O)c1ccco1)c1ccccc1. The van der Waals surface area contributed by atoms with Gasteiger partial charge in [0.15, 0.2) is 5.76 Å². The number of likely N-dealkylation sites (N-methyl/N-ethyl adjacent to an activating group) is 1. The molecule has 0 fully saturated rings. The van der Waals surface area contributed by atoms with Crippen LogP contribution >= 0.6 is 0 Å². The van der Waals surface area contributed by atoms with Crippen LogP contribution in [0.25, 0.3) is 0 Å². The quantitative estimate of drug-likeness (QED) is 0.588. The van der Waals surface area contributed by atoms with Crippen molar-refractivity contribution in [3.05, 3.63) is 90.4 Å². The molecule has 3 rings (SSSR count). The molecule has 2 amide bonds. The van der Waals surface area contributed by atoms with Crippen LogP contribution in [-0.4, -0.2) is 38.0 Å². The van der Waals surface area contributed by atoms with Gasteiger partial charge in [-0.1, -0.05) is 48.5 Å². The molecule has 0 spiro atoms. The third kappa shape index (κ3) is 5.97. The Bertz CT molecular complexity index is 896. The lowest BCUT2D eigenvalue weighted by Gasteiger charge is -2.21. The lowest BCUT2D eigenvalue weighted by molar-refractivity contribution is -0.122. The first kappa shape index (κ1) is 20.2. The number of amides is 2. The third-order valence-corrected chi connectivity index (χ3v) is 4.59. The molecule has 1 heterocycles. The van der Waals surface area contributed by atoms with Gasteiger partial charge in [-0.25, -0.2) is 0 Å². The molecule has 0 aliphatic heterocycles. The predicted octanol–water partition coefficient (Wildman–Crippen LogP) is 2.87. The zero-order chi connectivity index (χ0) is 20.5. The molecule has 1 unspecified atom stereocenters. The smallest absolute Gasteiger partial charge is 0.287 e. The van der Waals surface area contributed by atoms with Crippen molar-refractivity contribution in [3.8, 4) is 0 Å². The summed E-state index contributed by atoms with van der Waals surface area (Å²) in [6.45, 7) is 1.12. The van der Waals surface area contributed by atoms with E-state index in [4.69, 9.17) is 4.42 Å². The Kier molecular flexibility index (Phi) is 7.05. The lowest BCUT2D eigenvalue weighted by atomic mass is 10.1. The standard InChI is InChI=1S/C23H25N3O3/c1-26(19-11-6-3-7-12-19)15-14-24-22(27)20(17-18-9-4-2-5-10-18)25-23(28)21-13-8-16-29-21/h2-13,16,20H,14-15,17H2,1H3,(H,24,27)(H,25,28). The van der Waals surface area contributed by atoms with Crippen LogP contribution in [-0.2, 0) is 11.2 Å². The molecule has 1 atom stereocenters. The van der Waals surface area contributed by atoms with Gasteiger partial charge >= 0.3 is 0 Å². The second-order valence-corrected chi connectivity index (χ2v) is 6.74. The van der Waals surface area contributed by atoms with E-state index in [1.165, 1.54) is 6.26 Å². The van der Waals surface area contributed by atoms with E-state index in [0.29, 0.717) is 19.5 Å². The van der Waals surface area contributed by atoms with E-state index < -0.39 is 11.9 Å². The number of carbonyl (C=O) groups excluding carboxylic acids is 2. The van der Waals surface area contributed by atoms with E-state index in [1.54, 1.807) is 12.1 Å². The molecule has 6 nitrogen and oxygen atoms in total. The van der Waals surface area contributed by atoms with Crippen molar-refractivity contribution in [2.75, 3.05) is 25.0 Å². The summed E-state index contributed by atoms with van der Waals surface area (Å²) < 4.78 is 5.14. The molecule has 6 heteroatoms. The topological polar surface area (TPSA) is 74.6 Å². The van der Waals surface area contributed by atoms with Crippen LogP contribution in [0.2, 0.25) is 0 Å². The average Bonchev–Trinajstić information content (AvgIpc) is 3.29. The maximum absolute atomic E-state index is 12.8. The molecule has 29 heavy (non-hydrogen) atoms. The normalized spacial score (nSPS) is 11.5. The Morgan fingerprint density at radius 2 is 1.66 bits per heavy atom. The minimum Gasteiger partial charge on any atom is -0.459 e. The van der Waals surface area contributed by atoms with Gasteiger partial charge in [-0.05, 0) is 29.8 Å². The number of benzene rings is 2. The number of para-hydroxylation sites is 1. The average molecular weight is 391 g/mol. The first-order chi connectivity index (χ1) is 14.1. The van der Waals surface area contributed by atoms with Crippen LogP contribution in [0, 0.1) is 0 Å². The Morgan fingerprint density at radius 3 is 2.31 bits per heavy atom. The summed E-state index contributed by atoms with van der Waals surface area (Å²) in [6.07, 6.45) is 1.83. The van der Waals surface area contributed by atoms with Gasteiger partial charge in [-0.3, -0.25) is 9.59 Å². The van der Waals surface area contributed by atoms with Gasteiger partial charge in [-0.15, -0.1) is 0 Å². The maximum atomic E-state index is 12.8. The number of anilines is 1. The molecule has 0 aliphatic rings. The van der Waals surface area contributed by atoms with Crippen LogP contribution in [0.5, 0.6) is 0 Å². The molecule has 0 saturated heterocycles. The summed E-state index contributed by atoms with van der Waals surface area (Å²) in [5.41, 5.74) is 2.04. The highest BCUT2D eigenvalue weighted by Gasteiger charge is 2.22. The maximum Gasteiger partial charge on any atom is 0.287 e. The highest BCUT2D eigenvalue weighted by atomic mass is 16.3. The zero-order valence-electron chi connectivity index (χ0n) is 16.4.